The fourth-order valence-electron chi connectivity index (χ4n) is 2.39. The van der Waals surface area contributed by atoms with Gasteiger partial charge in [-0.25, -0.2) is 4.98 Å². The molecule has 25 heavy (non-hydrogen) atoms. The van der Waals surface area contributed by atoms with Crippen LogP contribution in [0.25, 0.3) is 0 Å². The summed E-state index contributed by atoms with van der Waals surface area (Å²) in [6, 6.07) is 2.65. The van der Waals surface area contributed by atoms with Crippen LogP contribution in [-0.4, -0.2) is 27.3 Å². The maximum absolute atomic E-state index is 5.90. The highest BCUT2D eigenvalue weighted by molar-refractivity contribution is 5.37. The van der Waals surface area contributed by atoms with Crippen LogP contribution in [0.2, 0.25) is 0 Å². The average molecular weight is 348 g/mol. The fourth-order valence-corrected chi connectivity index (χ4v) is 2.39. The summed E-state index contributed by atoms with van der Waals surface area (Å²) in [5, 5.41) is 14.1. The van der Waals surface area contributed by atoms with E-state index in [9.17, 15) is 0 Å². The maximum Gasteiger partial charge on any atom is 0.295 e. The quantitative estimate of drug-likeness (QED) is 0.707. The molecule has 0 aliphatic heterocycles. The Bertz CT molecular complexity index is 685. The Kier molecular flexibility index (Phi) is 5.21. The van der Waals surface area contributed by atoms with E-state index in [0.717, 1.165) is 30.2 Å². The molecule has 2 aromatic rings. The molecule has 0 aromatic carbocycles. The van der Waals surface area contributed by atoms with Crippen LogP contribution in [-0.2, 0) is 10.8 Å². The van der Waals surface area contributed by atoms with Crippen molar-refractivity contribution in [3.63, 3.8) is 0 Å². The number of rotatable bonds is 6. The summed E-state index contributed by atoms with van der Waals surface area (Å²) in [4.78, 5) is 4.35. The second-order valence-electron chi connectivity index (χ2n) is 9.38. The summed E-state index contributed by atoms with van der Waals surface area (Å²) >= 11 is 0. The first-order valence-electron chi connectivity index (χ1n) is 8.91. The van der Waals surface area contributed by atoms with E-state index < -0.39 is 0 Å². The summed E-state index contributed by atoms with van der Waals surface area (Å²) < 4.78 is 5.90. The molecule has 0 amide bonds. The number of hydrogen-bond donors (Lipinski definition) is 3. The molecule has 140 valence electrons. The predicted octanol–water partition coefficient (Wildman–Crippen LogP) is 4.69. The largest absolute Gasteiger partial charge is 0.428 e. The summed E-state index contributed by atoms with van der Waals surface area (Å²) in [5.74, 6) is 1.77. The van der Waals surface area contributed by atoms with Crippen LogP contribution in [0.5, 0.6) is 0 Å². The average Bonchev–Trinajstić information content (AvgIpc) is 3.05. The van der Waals surface area contributed by atoms with E-state index in [1.54, 1.807) is 0 Å². The molecule has 3 N–H and O–H groups in total. The predicted molar refractivity (Wildman–Crippen MR) is 103 cm³/mol. The summed E-state index contributed by atoms with van der Waals surface area (Å²) in [7, 11) is 0. The smallest absolute Gasteiger partial charge is 0.295 e. The van der Waals surface area contributed by atoms with Crippen molar-refractivity contribution in [1.29, 1.82) is 0 Å². The van der Waals surface area contributed by atoms with Gasteiger partial charge in [-0.1, -0.05) is 34.6 Å². The number of aromatic nitrogens is 3. The molecule has 0 saturated heterocycles. The fraction of sp³-hybridized carbons (Fsp3) is 0.684. The van der Waals surface area contributed by atoms with Gasteiger partial charge in [0.05, 0.1) is 6.20 Å². The van der Waals surface area contributed by atoms with Gasteiger partial charge in [-0.15, -0.1) is 0 Å². The van der Waals surface area contributed by atoms with Crippen molar-refractivity contribution in [3.8, 4) is 0 Å². The molecule has 0 spiro atoms. The van der Waals surface area contributed by atoms with Gasteiger partial charge in [-0.3, -0.25) is 5.10 Å². The molecule has 0 aliphatic carbocycles. The van der Waals surface area contributed by atoms with E-state index in [4.69, 9.17) is 4.42 Å². The van der Waals surface area contributed by atoms with Crippen molar-refractivity contribution in [2.24, 2.45) is 0 Å². The molecule has 6 heteroatoms. The minimum absolute atomic E-state index is 0.0709. The third-order valence-electron chi connectivity index (χ3n) is 4.10. The van der Waals surface area contributed by atoms with E-state index in [1.165, 1.54) is 0 Å². The Morgan fingerprint density at radius 2 is 1.76 bits per heavy atom. The lowest BCUT2D eigenvalue weighted by Crippen LogP contribution is -2.26. The number of nitrogens with zero attached hydrogens (tertiary/aromatic N) is 2. The maximum atomic E-state index is 5.90. The molecule has 0 bridgehead atoms. The van der Waals surface area contributed by atoms with Crippen molar-refractivity contribution >= 4 is 11.8 Å². The molecule has 0 aliphatic rings. The van der Waals surface area contributed by atoms with E-state index in [0.29, 0.717) is 6.01 Å². The number of oxazole rings is 1. The lowest BCUT2D eigenvalue weighted by atomic mass is 9.87. The normalized spacial score (nSPS) is 13.1. The van der Waals surface area contributed by atoms with Crippen molar-refractivity contribution in [2.75, 3.05) is 17.2 Å². The van der Waals surface area contributed by atoms with Crippen LogP contribution in [0, 0.1) is 0 Å². The van der Waals surface area contributed by atoms with Crippen LogP contribution in [0.1, 0.15) is 73.3 Å². The number of H-pyrrole nitrogens is 1. The van der Waals surface area contributed by atoms with E-state index in [2.05, 4.69) is 87.3 Å². The Balaban J connectivity index is 1.92. The topological polar surface area (TPSA) is 78.8 Å². The molecule has 0 radical (unpaired) electrons. The van der Waals surface area contributed by atoms with Crippen LogP contribution >= 0.6 is 0 Å². The van der Waals surface area contributed by atoms with Crippen molar-refractivity contribution in [2.45, 2.75) is 78.2 Å². The highest BCUT2D eigenvalue weighted by atomic mass is 16.4. The molecule has 0 unspecified atom stereocenters. The first-order valence-corrected chi connectivity index (χ1v) is 8.91. The van der Waals surface area contributed by atoms with Gasteiger partial charge in [-0.05, 0) is 27.2 Å². The Hall–Kier alpha value is -1.98. The third kappa shape index (κ3) is 5.51. The van der Waals surface area contributed by atoms with E-state index in [1.807, 2.05) is 6.20 Å². The lowest BCUT2D eigenvalue weighted by molar-refractivity contribution is 0.372. The highest BCUT2D eigenvalue weighted by Gasteiger charge is 2.26. The zero-order chi connectivity index (χ0) is 18.9. The summed E-state index contributed by atoms with van der Waals surface area (Å²) in [6.45, 7) is 17.9. The van der Waals surface area contributed by atoms with E-state index in [-0.39, 0.29) is 16.4 Å². The van der Waals surface area contributed by atoms with Crippen molar-refractivity contribution < 1.29 is 4.42 Å². The highest BCUT2D eigenvalue weighted by Crippen LogP contribution is 2.30. The van der Waals surface area contributed by atoms with Gasteiger partial charge in [0.2, 0.25) is 0 Å². The Labute approximate surface area is 151 Å². The molecule has 2 heterocycles. The SMILES string of the molecule is CC(C)(C)Nc1ncc(C(C)(C)CCNc2cc(C(C)(C)C)[nH]n2)o1. The number of nitrogens with one attached hydrogen (secondary N) is 3. The third-order valence-corrected chi connectivity index (χ3v) is 4.10. The Morgan fingerprint density at radius 3 is 2.32 bits per heavy atom. The monoisotopic (exact) mass is 347 g/mol. The molecule has 0 fully saturated rings. The van der Waals surface area contributed by atoms with Crippen LogP contribution < -0.4 is 10.6 Å². The first kappa shape index (κ1) is 19.3. The van der Waals surface area contributed by atoms with Gasteiger partial charge in [0.15, 0.2) is 0 Å². The standard InChI is InChI=1S/C19H33N5O/c1-17(2,3)13-11-15(24-23-13)20-10-9-19(7,8)14-12-21-16(25-14)22-18(4,5)6/h11-12H,9-10H2,1-8H3,(H,21,22)(H2,20,23,24). The van der Waals surface area contributed by atoms with Gasteiger partial charge in [-0.2, -0.15) is 5.10 Å². The second-order valence-corrected chi connectivity index (χ2v) is 9.38. The zero-order valence-electron chi connectivity index (χ0n) is 16.9. The van der Waals surface area contributed by atoms with Crippen molar-refractivity contribution in [3.05, 3.63) is 23.7 Å². The lowest BCUT2D eigenvalue weighted by Gasteiger charge is -2.22. The molecular formula is C19H33N5O. The van der Waals surface area contributed by atoms with Gasteiger partial charge >= 0.3 is 0 Å². The minimum atomic E-state index is -0.110. The molecule has 2 rings (SSSR count). The Morgan fingerprint density at radius 1 is 1.08 bits per heavy atom. The van der Waals surface area contributed by atoms with Crippen LogP contribution in [0.4, 0.5) is 11.8 Å². The van der Waals surface area contributed by atoms with Gasteiger partial charge in [0.25, 0.3) is 6.01 Å². The second kappa shape index (κ2) is 6.73. The first-order chi connectivity index (χ1) is 11.4. The summed E-state index contributed by atoms with van der Waals surface area (Å²) in [5.41, 5.74) is 1.02. The number of anilines is 2. The van der Waals surface area contributed by atoms with Crippen LogP contribution in [0.3, 0.4) is 0 Å². The molecule has 2 aromatic heterocycles. The molecule has 0 atom stereocenters. The molecule has 6 nitrogen and oxygen atoms in total. The van der Waals surface area contributed by atoms with E-state index >= 15 is 0 Å². The molecule has 0 saturated carbocycles. The number of aromatic amines is 1. The zero-order valence-corrected chi connectivity index (χ0v) is 16.9. The van der Waals surface area contributed by atoms with Crippen molar-refractivity contribution in [1.82, 2.24) is 15.2 Å². The van der Waals surface area contributed by atoms with Crippen LogP contribution in [0.15, 0.2) is 16.7 Å². The minimum Gasteiger partial charge on any atom is -0.428 e. The van der Waals surface area contributed by atoms with Gasteiger partial charge in [0.1, 0.15) is 11.6 Å². The van der Waals surface area contributed by atoms with Gasteiger partial charge < -0.3 is 15.1 Å². The molecular weight excluding hydrogens is 314 g/mol. The number of hydrogen-bond acceptors (Lipinski definition) is 5. The van der Waals surface area contributed by atoms with Gasteiger partial charge in [0, 0.05) is 34.7 Å². The summed E-state index contributed by atoms with van der Waals surface area (Å²) in [6.07, 6.45) is 2.73.